The number of alkyl halides is 3. The van der Waals surface area contributed by atoms with E-state index in [1.807, 2.05) is 24.4 Å². The Morgan fingerprint density at radius 3 is 2.34 bits per heavy atom. The maximum atomic E-state index is 12.8. The van der Waals surface area contributed by atoms with Crippen LogP contribution in [-0.2, 0) is 6.18 Å². The van der Waals surface area contributed by atoms with Crippen LogP contribution in [0.4, 0.5) is 24.8 Å². The van der Waals surface area contributed by atoms with Crippen LogP contribution in [0.15, 0.2) is 42.7 Å². The Bertz CT molecular complexity index is 773. The van der Waals surface area contributed by atoms with E-state index in [1.165, 1.54) is 6.07 Å². The molecule has 2 aromatic rings. The molecular formula is C21H26F3N5. The number of anilines is 2. The summed E-state index contributed by atoms with van der Waals surface area (Å²) in [4.78, 5) is 15.4. The van der Waals surface area contributed by atoms with E-state index in [1.54, 1.807) is 0 Å². The quantitative estimate of drug-likeness (QED) is 0.778. The first-order valence-corrected chi connectivity index (χ1v) is 10.2. The second kappa shape index (κ2) is 8.57. The van der Waals surface area contributed by atoms with E-state index < -0.39 is 11.7 Å². The minimum atomic E-state index is -4.34. The first-order chi connectivity index (χ1) is 14.0. The van der Waals surface area contributed by atoms with Gasteiger partial charge in [-0.1, -0.05) is 6.07 Å². The van der Waals surface area contributed by atoms with Gasteiger partial charge in [-0.15, -0.1) is 0 Å². The highest BCUT2D eigenvalue weighted by Crippen LogP contribution is 2.30. The summed E-state index contributed by atoms with van der Waals surface area (Å²) in [5, 5.41) is 0. The van der Waals surface area contributed by atoms with Crippen LogP contribution >= 0.6 is 0 Å². The van der Waals surface area contributed by atoms with Crippen LogP contribution in [0.3, 0.4) is 0 Å². The number of pyridine rings is 2. The average Bonchev–Trinajstić information content (AvgIpc) is 2.75. The summed E-state index contributed by atoms with van der Waals surface area (Å²) in [7, 11) is 0. The molecule has 2 aliphatic heterocycles. The van der Waals surface area contributed by atoms with Gasteiger partial charge in [0.15, 0.2) is 0 Å². The monoisotopic (exact) mass is 405 g/mol. The molecular weight excluding hydrogens is 379 g/mol. The van der Waals surface area contributed by atoms with Gasteiger partial charge in [0, 0.05) is 58.2 Å². The van der Waals surface area contributed by atoms with Crippen LogP contribution in [0.2, 0.25) is 0 Å². The third-order valence-corrected chi connectivity index (χ3v) is 5.78. The maximum Gasteiger partial charge on any atom is 0.417 e. The fourth-order valence-electron chi connectivity index (χ4n) is 4.23. The molecule has 0 bridgehead atoms. The molecule has 5 nitrogen and oxygen atoms in total. The molecule has 0 N–H and O–H groups in total. The zero-order valence-electron chi connectivity index (χ0n) is 16.4. The number of rotatable bonds is 4. The summed E-state index contributed by atoms with van der Waals surface area (Å²) in [6.07, 6.45) is 0.621. The number of hydrogen-bond donors (Lipinski definition) is 0. The van der Waals surface area contributed by atoms with Crippen LogP contribution in [-0.4, -0.2) is 60.7 Å². The third kappa shape index (κ3) is 4.98. The molecule has 2 aromatic heterocycles. The Kier molecular flexibility index (Phi) is 5.89. The van der Waals surface area contributed by atoms with Gasteiger partial charge in [0.05, 0.1) is 5.56 Å². The molecule has 4 rings (SSSR count). The van der Waals surface area contributed by atoms with Crippen molar-refractivity contribution in [1.29, 1.82) is 0 Å². The van der Waals surface area contributed by atoms with Gasteiger partial charge in [0.25, 0.3) is 0 Å². The number of halogens is 3. The fraction of sp³-hybridized carbons (Fsp3) is 0.524. The van der Waals surface area contributed by atoms with E-state index >= 15 is 0 Å². The highest BCUT2D eigenvalue weighted by atomic mass is 19.4. The number of nitrogens with zero attached hydrogens (tertiary/aromatic N) is 5. The van der Waals surface area contributed by atoms with Crippen molar-refractivity contribution in [3.05, 3.63) is 48.3 Å². The lowest BCUT2D eigenvalue weighted by atomic mass is 9.97. The summed E-state index contributed by atoms with van der Waals surface area (Å²) in [5.74, 6) is 2.18. The third-order valence-electron chi connectivity index (χ3n) is 5.78. The van der Waals surface area contributed by atoms with Gasteiger partial charge in [-0.05, 0) is 43.0 Å². The van der Waals surface area contributed by atoms with E-state index in [4.69, 9.17) is 0 Å². The van der Waals surface area contributed by atoms with Crippen LogP contribution in [0.5, 0.6) is 0 Å². The lowest BCUT2D eigenvalue weighted by molar-refractivity contribution is -0.137. The number of piperidine rings is 1. The van der Waals surface area contributed by atoms with Crippen molar-refractivity contribution >= 4 is 11.6 Å². The average molecular weight is 405 g/mol. The second-order valence-electron chi connectivity index (χ2n) is 7.83. The molecule has 1 atom stereocenters. The normalized spacial score (nSPS) is 21.4. The first-order valence-electron chi connectivity index (χ1n) is 10.2. The highest BCUT2D eigenvalue weighted by molar-refractivity contribution is 5.40. The molecule has 4 heterocycles. The van der Waals surface area contributed by atoms with Crippen molar-refractivity contribution in [2.24, 2.45) is 5.92 Å². The fourth-order valence-corrected chi connectivity index (χ4v) is 4.23. The molecule has 0 amide bonds. The smallest absolute Gasteiger partial charge is 0.356 e. The summed E-state index contributed by atoms with van der Waals surface area (Å²) in [6.45, 7) is 6.66. The number of piperazine rings is 1. The van der Waals surface area contributed by atoms with E-state index in [-0.39, 0.29) is 0 Å². The van der Waals surface area contributed by atoms with Crippen LogP contribution < -0.4 is 9.80 Å². The Morgan fingerprint density at radius 1 is 0.897 bits per heavy atom. The van der Waals surface area contributed by atoms with E-state index in [0.29, 0.717) is 11.7 Å². The molecule has 156 valence electrons. The van der Waals surface area contributed by atoms with E-state index in [2.05, 4.69) is 24.7 Å². The molecule has 0 aliphatic carbocycles. The summed E-state index contributed by atoms with van der Waals surface area (Å²) < 4.78 is 38.3. The van der Waals surface area contributed by atoms with Crippen molar-refractivity contribution in [2.45, 2.75) is 19.0 Å². The summed E-state index contributed by atoms with van der Waals surface area (Å²) >= 11 is 0. The van der Waals surface area contributed by atoms with Crippen molar-refractivity contribution < 1.29 is 13.2 Å². The lowest BCUT2D eigenvalue weighted by Gasteiger charge is -2.40. The van der Waals surface area contributed by atoms with Crippen LogP contribution in [0.25, 0.3) is 0 Å². The predicted octanol–water partition coefficient (Wildman–Crippen LogP) is 3.53. The van der Waals surface area contributed by atoms with Crippen molar-refractivity contribution in [3.63, 3.8) is 0 Å². The van der Waals surface area contributed by atoms with Crippen LogP contribution in [0, 0.1) is 5.92 Å². The molecule has 0 spiro atoms. The predicted molar refractivity (Wildman–Crippen MR) is 107 cm³/mol. The topological polar surface area (TPSA) is 35.5 Å². The van der Waals surface area contributed by atoms with Gasteiger partial charge < -0.3 is 9.80 Å². The van der Waals surface area contributed by atoms with Gasteiger partial charge in [-0.2, -0.15) is 13.2 Å². The van der Waals surface area contributed by atoms with Gasteiger partial charge in [0.1, 0.15) is 11.6 Å². The van der Waals surface area contributed by atoms with E-state index in [0.717, 1.165) is 76.7 Å². The molecule has 2 aliphatic rings. The van der Waals surface area contributed by atoms with Gasteiger partial charge in [-0.3, -0.25) is 4.90 Å². The molecule has 1 unspecified atom stereocenters. The Labute approximate surface area is 169 Å². The SMILES string of the molecule is FC(F)(F)c1ccc(N2CCCC(CN3CCN(c4ccccn4)CC3)C2)nc1. The van der Waals surface area contributed by atoms with Crippen LogP contribution in [0.1, 0.15) is 18.4 Å². The van der Waals surface area contributed by atoms with Gasteiger partial charge >= 0.3 is 6.18 Å². The van der Waals surface area contributed by atoms with Gasteiger partial charge in [0.2, 0.25) is 0 Å². The maximum absolute atomic E-state index is 12.8. The van der Waals surface area contributed by atoms with Crippen molar-refractivity contribution in [2.75, 3.05) is 55.6 Å². The molecule has 0 saturated carbocycles. The lowest BCUT2D eigenvalue weighted by Crippen LogP contribution is -2.50. The van der Waals surface area contributed by atoms with Crippen molar-refractivity contribution in [3.8, 4) is 0 Å². The minimum Gasteiger partial charge on any atom is -0.356 e. The van der Waals surface area contributed by atoms with E-state index in [9.17, 15) is 13.2 Å². The largest absolute Gasteiger partial charge is 0.417 e. The molecule has 2 saturated heterocycles. The Hall–Kier alpha value is -2.35. The Morgan fingerprint density at radius 2 is 1.69 bits per heavy atom. The molecule has 0 aromatic carbocycles. The molecule has 0 radical (unpaired) electrons. The second-order valence-corrected chi connectivity index (χ2v) is 7.83. The zero-order valence-corrected chi connectivity index (χ0v) is 16.4. The number of hydrogen-bond acceptors (Lipinski definition) is 5. The Balaban J connectivity index is 1.29. The molecule has 29 heavy (non-hydrogen) atoms. The summed E-state index contributed by atoms with van der Waals surface area (Å²) in [6, 6.07) is 8.62. The standard InChI is InChI=1S/C21H26F3N5/c22-21(23,24)18-6-7-20(26-14-18)29-9-3-4-17(16-29)15-27-10-12-28(13-11-27)19-5-1-2-8-25-19/h1-2,5-8,14,17H,3-4,9-13,15-16H2. The zero-order chi connectivity index (χ0) is 20.3. The van der Waals surface area contributed by atoms with Crippen molar-refractivity contribution in [1.82, 2.24) is 14.9 Å². The molecule has 2 fully saturated rings. The molecule has 8 heteroatoms. The first kappa shape index (κ1) is 19.9. The summed E-state index contributed by atoms with van der Waals surface area (Å²) in [5.41, 5.74) is -0.694. The highest BCUT2D eigenvalue weighted by Gasteiger charge is 2.31. The number of aromatic nitrogens is 2. The minimum absolute atomic E-state index is 0.509. The van der Waals surface area contributed by atoms with Gasteiger partial charge in [-0.25, -0.2) is 9.97 Å².